The summed E-state index contributed by atoms with van der Waals surface area (Å²) in [7, 11) is -3.57. The molecule has 0 fully saturated rings. The Kier molecular flexibility index (Phi) is 6.39. The molecular weight excluding hydrogens is 470 g/mol. The molecule has 1 aliphatic rings. The molecule has 0 N–H and O–H groups in total. The summed E-state index contributed by atoms with van der Waals surface area (Å²) in [6.07, 6.45) is 2.70. The van der Waals surface area contributed by atoms with Crippen molar-refractivity contribution >= 4 is 38.6 Å². The van der Waals surface area contributed by atoms with Gasteiger partial charge in [-0.1, -0.05) is 13.8 Å². The molecule has 0 amide bonds. The summed E-state index contributed by atoms with van der Waals surface area (Å²) in [5.74, 6) is 0.868. The number of fused-ring (bicyclic) bond motifs is 3. The van der Waals surface area contributed by atoms with Crippen LogP contribution >= 0.6 is 0 Å². The quantitative estimate of drug-likeness (QED) is 0.372. The largest absolute Gasteiger partial charge is 0.461 e. The zero-order valence-corrected chi connectivity index (χ0v) is 21.5. The highest BCUT2D eigenvalue weighted by atomic mass is 32.2. The van der Waals surface area contributed by atoms with E-state index in [4.69, 9.17) is 9.72 Å². The molecule has 1 aromatic carbocycles. The fraction of sp³-hybridized carbons (Fsp3) is 0.458. The number of Topliss-reactive ketones (excluding diaryl/α,β-unsaturated/α-hetero) is 1. The van der Waals surface area contributed by atoms with Gasteiger partial charge in [0.05, 0.1) is 33.2 Å². The summed E-state index contributed by atoms with van der Waals surface area (Å²) in [5.41, 5.74) is 2.85. The number of ether oxygens (including phenoxy) is 1. The Hall–Kier alpha value is -3.34. The number of hydrogen-bond acceptors (Lipinski definition) is 9. The lowest BCUT2D eigenvalue weighted by Crippen LogP contribution is -2.42. The zero-order chi connectivity index (χ0) is 25.7. The first-order chi connectivity index (χ1) is 16.4. The number of imidazole rings is 1. The minimum Gasteiger partial charge on any atom is -0.461 e. The Morgan fingerprint density at radius 1 is 1.17 bits per heavy atom. The molecule has 1 aliphatic heterocycles. The molecule has 10 nitrogen and oxygen atoms in total. The van der Waals surface area contributed by atoms with Crippen LogP contribution in [-0.2, 0) is 32.5 Å². The Bertz CT molecular complexity index is 1440. The molecule has 1 atom stereocenters. The van der Waals surface area contributed by atoms with E-state index < -0.39 is 15.8 Å². The number of aromatic nitrogens is 4. The lowest BCUT2D eigenvalue weighted by molar-refractivity contribution is -0.142. The molecule has 0 aliphatic carbocycles. The van der Waals surface area contributed by atoms with Gasteiger partial charge in [0.1, 0.15) is 12.4 Å². The van der Waals surface area contributed by atoms with Gasteiger partial charge in [-0.05, 0) is 31.9 Å². The fourth-order valence-electron chi connectivity index (χ4n) is 4.62. The summed E-state index contributed by atoms with van der Waals surface area (Å²) in [6, 6.07) is 3.14. The minimum absolute atomic E-state index is 0.0823. The second-order valence-electron chi connectivity index (χ2n) is 9.23. The summed E-state index contributed by atoms with van der Waals surface area (Å²) in [6.45, 7) is 9.72. The van der Waals surface area contributed by atoms with E-state index in [1.165, 1.54) is 13.8 Å². The first-order valence-corrected chi connectivity index (χ1v) is 13.2. The van der Waals surface area contributed by atoms with Crippen molar-refractivity contribution in [3.05, 3.63) is 41.0 Å². The van der Waals surface area contributed by atoms with Gasteiger partial charge in [0.15, 0.2) is 15.6 Å². The highest BCUT2D eigenvalue weighted by molar-refractivity contribution is 7.90. The first-order valence-electron chi connectivity index (χ1n) is 11.4. The number of ketones is 1. The predicted molar refractivity (Wildman–Crippen MR) is 130 cm³/mol. The lowest BCUT2D eigenvalue weighted by Gasteiger charge is -2.38. The van der Waals surface area contributed by atoms with E-state index in [0.717, 1.165) is 12.1 Å². The van der Waals surface area contributed by atoms with Gasteiger partial charge >= 0.3 is 5.97 Å². The molecule has 11 heteroatoms. The molecule has 4 rings (SSSR count). The Balaban J connectivity index is 1.84. The average molecular weight is 500 g/mol. The number of esters is 1. The molecule has 186 valence electrons. The molecule has 0 bridgehead atoms. The Morgan fingerprint density at radius 2 is 1.89 bits per heavy atom. The van der Waals surface area contributed by atoms with Crippen LogP contribution in [-0.4, -0.2) is 52.5 Å². The van der Waals surface area contributed by atoms with E-state index in [1.54, 1.807) is 25.3 Å². The number of anilines is 1. The first kappa shape index (κ1) is 24.8. The van der Waals surface area contributed by atoms with Crippen molar-refractivity contribution < 1.29 is 22.7 Å². The molecule has 0 radical (unpaired) electrons. The van der Waals surface area contributed by atoms with E-state index in [1.807, 2.05) is 4.57 Å². The fourth-order valence-corrected chi connectivity index (χ4v) is 5.54. The minimum atomic E-state index is -3.57. The second-order valence-corrected chi connectivity index (χ2v) is 11.2. The van der Waals surface area contributed by atoms with Crippen molar-refractivity contribution in [1.82, 2.24) is 19.5 Å². The third kappa shape index (κ3) is 4.64. The van der Waals surface area contributed by atoms with Crippen molar-refractivity contribution in [2.24, 2.45) is 5.92 Å². The highest BCUT2D eigenvalue weighted by Gasteiger charge is 2.35. The highest BCUT2D eigenvalue weighted by Crippen LogP contribution is 2.37. The van der Waals surface area contributed by atoms with Crippen LogP contribution < -0.4 is 4.90 Å². The number of rotatable bonds is 6. The maximum absolute atomic E-state index is 12.5. The van der Waals surface area contributed by atoms with Crippen molar-refractivity contribution in [3.8, 4) is 0 Å². The zero-order valence-electron chi connectivity index (χ0n) is 20.7. The topological polar surface area (TPSA) is 124 Å². The van der Waals surface area contributed by atoms with Crippen LogP contribution in [0.2, 0.25) is 0 Å². The summed E-state index contributed by atoms with van der Waals surface area (Å²) in [5, 5.41) is 0. The maximum Gasteiger partial charge on any atom is 0.302 e. The predicted octanol–water partition coefficient (Wildman–Crippen LogP) is 3.02. The van der Waals surface area contributed by atoms with Crippen LogP contribution in [0, 0.1) is 12.8 Å². The van der Waals surface area contributed by atoms with Crippen molar-refractivity contribution in [2.75, 3.05) is 17.7 Å². The van der Waals surface area contributed by atoms with Gasteiger partial charge in [-0.2, -0.15) is 0 Å². The van der Waals surface area contributed by atoms with Gasteiger partial charge in [-0.25, -0.2) is 23.4 Å². The smallest absolute Gasteiger partial charge is 0.302 e. The van der Waals surface area contributed by atoms with Crippen LogP contribution in [0.1, 0.15) is 61.2 Å². The van der Waals surface area contributed by atoms with Crippen LogP contribution in [0.25, 0.3) is 11.0 Å². The van der Waals surface area contributed by atoms with Crippen molar-refractivity contribution in [1.29, 1.82) is 0 Å². The molecule has 0 unspecified atom stereocenters. The lowest BCUT2D eigenvalue weighted by atomic mass is 10.00. The normalized spacial score (nSPS) is 16.0. The molecule has 3 heterocycles. The van der Waals surface area contributed by atoms with Gasteiger partial charge in [0.2, 0.25) is 5.95 Å². The van der Waals surface area contributed by atoms with Crippen LogP contribution in [0.3, 0.4) is 0 Å². The van der Waals surface area contributed by atoms with E-state index in [9.17, 15) is 18.0 Å². The third-order valence-corrected chi connectivity index (χ3v) is 7.37. The number of hydrogen-bond donors (Lipinski definition) is 0. The number of nitrogens with zero attached hydrogens (tertiary/aromatic N) is 5. The Morgan fingerprint density at radius 3 is 2.46 bits per heavy atom. The molecule has 0 spiro atoms. The van der Waals surface area contributed by atoms with E-state index in [0.29, 0.717) is 46.9 Å². The number of carbonyl (C=O) groups excluding carboxylic acids is 2. The van der Waals surface area contributed by atoms with Gasteiger partial charge < -0.3 is 14.2 Å². The van der Waals surface area contributed by atoms with Crippen LogP contribution in [0.4, 0.5) is 5.95 Å². The molecule has 0 saturated carbocycles. The molecular formula is C24H29N5O5S. The monoisotopic (exact) mass is 499 g/mol. The molecule has 3 aromatic rings. The second kappa shape index (κ2) is 9.03. The van der Waals surface area contributed by atoms with E-state index in [2.05, 4.69) is 28.7 Å². The summed E-state index contributed by atoms with van der Waals surface area (Å²) in [4.78, 5) is 39.3. The number of sulfone groups is 1. The van der Waals surface area contributed by atoms with Gasteiger partial charge in [0.25, 0.3) is 0 Å². The number of carbonyl (C=O) groups is 2. The van der Waals surface area contributed by atoms with Gasteiger partial charge in [0, 0.05) is 38.0 Å². The average Bonchev–Trinajstić information content (AvgIpc) is 3.12. The van der Waals surface area contributed by atoms with E-state index in [-0.39, 0.29) is 29.2 Å². The van der Waals surface area contributed by atoms with Gasteiger partial charge in [-0.15, -0.1) is 0 Å². The van der Waals surface area contributed by atoms with E-state index >= 15 is 0 Å². The standard InChI is InChI=1S/C24H29N5O5S/c1-13(2)22-23-27-19-9-17(12-34-16(5)31)21(35(6,32)33)10-20(19)28(23)7-8-29(22)24-25-11-18(15(4)30)14(3)26-24/h9-11,13,22H,7-8,12H2,1-6H3/t22-/m1/s1. The van der Waals surface area contributed by atoms with Crippen molar-refractivity contribution in [2.45, 2.75) is 58.7 Å². The number of benzene rings is 1. The van der Waals surface area contributed by atoms with Gasteiger partial charge in [-0.3, -0.25) is 9.59 Å². The van der Waals surface area contributed by atoms with Crippen molar-refractivity contribution in [3.63, 3.8) is 0 Å². The SMILES string of the molecule is CC(=O)OCc1cc2nc3n(c2cc1S(C)(=O)=O)CCN(c1ncc(C(C)=O)c(C)n1)[C@@H]3C(C)C. The third-order valence-electron chi connectivity index (χ3n) is 6.19. The summed E-state index contributed by atoms with van der Waals surface area (Å²) < 4.78 is 32.2. The van der Waals surface area contributed by atoms with Crippen LogP contribution in [0.5, 0.6) is 0 Å². The Labute approximate surface area is 204 Å². The maximum atomic E-state index is 12.5. The number of aryl methyl sites for hydroxylation is 1. The molecule has 2 aromatic heterocycles. The summed E-state index contributed by atoms with van der Waals surface area (Å²) >= 11 is 0. The molecule has 35 heavy (non-hydrogen) atoms. The molecule has 0 saturated heterocycles. The van der Waals surface area contributed by atoms with Crippen LogP contribution in [0.15, 0.2) is 23.2 Å².